The number of aromatic hydroxyl groups is 1. The molecule has 2 aromatic carbocycles. The van der Waals surface area contributed by atoms with Crippen molar-refractivity contribution in [1.82, 2.24) is 0 Å². The molecule has 0 aliphatic carbocycles. The van der Waals surface area contributed by atoms with Crippen LogP contribution in [0.5, 0.6) is 17.2 Å². The molecule has 7 heteroatoms. The number of aryl methyl sites for hydroxylation is 1. The van der Waals surface area contributed by atoms with Crippen LogP contribution in [0, 0.1) is 7.14 Å². The summed E-state index contributed by atoms with van der Waals surface area (Å²) in [5.74, 6) is 1.91. The van der Waals surface area contributed by atoms with Crippen LogP contribution >= 0.6 is 52.5 Å². The minimum Gasteiger partial charge on any atom is -0.508 e. The molecule has 4 nitrogen and oxygen atoms in total. The van der Waals surface area contributed by atoms with Crippen molar-refractivity contribution in [2.75, 3.05) is 6.16 Å². The number of ether oxygens (including phenoxy) is 1. The molecule has 0 fully saturated rings. The van der Waals surface area contributed by atoms with Gasteiger partial charge in [0.1, 0.15) is 18.8 Å². The molecule has 0 saturated carbocycles. The second-order valence-electron chi connectivity index (χ2n) is 6.22. The van der Waals surface area contributed by atoms with E-state index in [1.807, 2.05) is 32.0 Å². The zero-order chi connectivity index (χ0) is 18.8. The average molecular weight is 586 g/mol. The van der Waals surface area contributed by atoms with Crippen molar-refractivity contribution in [3.8, 4) is 17.2 Å². The third-order valence-electron chi connectivity index (χ3n) is 3.66. The van der Waals surface area contributed by atoms with Gasteiger partial charge in [0.05, 0.1) is 7.14 Å². The van der Waals surface area contributed by atoms with Crippen LogP contribution < -0.4 is 4.74 Å². The maximum Gasteiger partial charge on any atom is 0.154 e. The third-order valence-corrected chi connectivity index (χ3v) is 6.20. The zero-order valence-electron chi connectivity index (χ0n) is 14.0. The van der Waals surface area contributed by atoms with E-state index in [1.54, 1.807) is 12.1 Å². The molecule has 0 unspecified atom stereocenters. The smallest absolute Gasteiger partial charge is 0.154 e. The fraction of sp³-hybridized carbons (Fsp3) is 0.278. The van der Waals surface area contributed by atoms with E-state index in [4.69, 9.17) is 4.74 Å². The number of phenols is 1. The Morgan fingerprint density at radius 1 is 1.12 bits per heavy atom. The average Bonchev–Trinajstić information content (AvgIpc) is 2.49. The Morgan fingerprint density at radius 2 is 1.72 bits per heavy atom. The minimum atomic E-state index is -3.01. The van der Waals surface area contributed by atoms with E-state index < -0.39 is 7.34 Å². The molecule has 0 aromatic heterocycles. The lowest BCUT2D eigenvalue weighted by molar-refractivity contribution is 0.452. The number of hydrogen-bond donors (Lipinski definition) is 3. The number of rotatable bonds is 6. The molecule has 2 aromatic rings. The van der Waals surface area contributed by atoms with Crippen molar-refractivity contribution in [1.29, 1.82) is 0 Å². The molecule has 0 heterocycles. The molecule has 0 saturated heterocycles. The van der Waals surface area contributed by atoms with E-state index in [0.717, 1.165) is 24.0 Å². The van der Waals surface area contributed by atoms with Crippen LogP contribution in [0.2, 0.25) is 0 Å². The molecular formula is C18H21I2O4P. The molecule has 0 atom stereocenters. The molecule has 0 radical (unpaired) electrons. The first-order chi connectivity index (χ1) is 11.6. The largest absolute Gasteiger partial charge is 0.508 e. The summed E-state index contributed by atoms with van der Waals surface area (Å²) >= 11 is 4.43. The molecule has 2 rings (SSSR count). The minimum absolute atomic E-state index is 0.201. The number of halogens is 2. The van der Waals surface area contributed by atoms with Crippen LogP contribution in [0.25, 0.3) is 0 Å². The van der Waals surface area contributed by atoms with Gasteiger partial charge in [0.15, 0.2) is 5.75 Å². The quantitative estimate of drug-likeness (QED) is 0.317. The van der Waals surface area contributed by atoms with Crippen LogP contribution in [-0.4, -0.2) is 27.4 Å². The molecule has 0 bridgehead atoms. The molecule has 136 valence electrons. The SMILES string of the molecule is C=P(O)(O)CCc1cc(I)c(Oc2ccc(O)c(C(C)C)c2)c(I)c1. The molecule has 0 spiro atoms. The Kier molecular flexibility index (Phi) is 7.24. The Hall–Kier alpha value is -0.280. The van der Waals surface area contributed by atoms with Crippen LogP contribution in [-0.2, 0) is 6.42 Å². The summed E-state index contributed by atoms with van der Waals surface area (Å²) < 4.78 is 7.95. The topological polar surface area (TPSA) is 69.9 Å². The number of phenolic OH excluding ortho intramolecular Hbond substituents is 1. The van der Waals surface area contributed by atoms with Gasteiger partial charge in [0.25, 0.3) is 0 Å². The van der Waals surface area contributed by atoms with Crippen LogP contribution in [0.3, 0.4) is 0 Å². The highest BCUT2D eigenvalue weighted by Gasteiger charge is 2.14. The number of hydrogen-bond acceptors (Lipinski definition) is 4. The van der Waals surface area contributed by atoms with Crippen LogP contribution in [0.15, 0.2) is 30.3 Å². The second-order valence-corrected chi connectivity index (χ2v) is 10.7. The van der Waals surface area contributed by atoms with Gasteiger partial charge in [0.2, 0.25) is 0 Å². The first-order valence-electron chi connectivity index (χ1n) is 7.73. The van der Waals surface area contributed by atoms with E-state index in [-0.39, 0.29) is 17.8 Å². The monoisotopic (exact) mass is 586 g/mol. The summed E-state index contributed by atoms with van der Waals surface area (Å²) in [6.45, 7) is 4.05. The summed E-state index contributed by atoms with van der Waals surface area (Å²) in [7, 11) is -3.01. The Balaban J connectivity index is 2.26. The summed E-state index contributed by atoms with van der Waals surface area (Å²) in [6.07, 6.45) is 4.24. The molecular weight excluding hydrogens is 565 g/mol. The third kappa shape index (κ3) is 6.13. The molecule has 0 amide bonds. The van der Waals surface area contributed by atoms with Crippen molar-refractivity contribution < 1.29 is 19.6 Å². The fourth-order valence-corrected chi connectivity index (χ4v) is 5.07. The summed E-state index contributed by atoms with van der Waals surface area (Å²) in [5.41, 5.74) is 1.87. The lowest BCUT2D eigenvalue weighted by atomic mass is 10.0. The van der Waals surface area contributed by atoms with Crippen LogP contribution in [0.4, 0.5) is 0 Å². The van der Waals surface area contributed by atoms with Gasteiger partial charge in [-0.2, -0.15) is 0 Å². The highest BCUT2D eigenvalue weighted by molar-refractivity contribution is 14.1. The van der Waals surface area contributed by atoms with Gasteiger partial charge >= 0.3 is 0 Å². The van der Waals surface area contributed by atoms with Gasteiger partial charge in [-0.1, -0.05) is 20.1 Å². The lowest BCUT2D eigenvalue weighted by Crippen LogP contribution is -1.98. The van der Waals surface area contributed by atoms with Crippen molar-refractivity contribution >= 4 is 58.8 Å². The first kappa shape index (κ1) is 21.0. The standard InChI is InChI=1S/C18H21I2O4P/c1-11(2)14-10-13(4-5-17(14)21)24-18-15(19)8-12(9-16(18)20)6-7-25(3,22)23/h4-5,8-11,21-23H,3,6-7H2,1-2H3. The maximum absolute atomic E-state index is 9.94. The molecule has 0 aliphatic rings. The van der Waals surface area contributed by atoms with Gasteiger partial charge in [-0.15, -0.1) is 0 Å². The maximum atomic E-state index is 9.94. The van der Waals surface area contributed by atoms with Crippen molar-refractivity contribution in [2.24, 2.45) is 0 Å². The van der Waals surface area contributed by atoms with Crippen molar-refractivity contribution in [2.45, 2.75) is 26.2 Å². The van der Waals surface area contributed by atoms with Crippen molar-refractivity contribution in [3.63, 3.8) is 0 Å². The summed E-state index contributed by atoms with van der Waals surface area (Å²) in [4.78, 5) is 18.9. The number of benzene rings is 2. The lowest BCUT2D eigenvalue weighted by Gasteiger charge is -2.15. The normalized spacial score (nSPS) is 11.8. The van der Waals surface area contributed by atoms with E-state index >= 15 is 0 Å². The van der Waals surface area contributed by atoms with Gasteiger partial charge in [-0.25, -0.2) is 0 Å². The second kappa shape index (κ2) is 8.61. The predicted molar refractivity (Wildman–Crippen MR) is 121 cm³/mol. The van der Waals surface area contributed by atoms with E-state index in [1.165, 1.54) is 0 Å². The Bertz CT molecular complexity index is 792. The molecule has 0 aliphatic heterocycles. The van der Waals surface area contributed by atoms with Gasteiger partial charge < -0.3 is 19.6 Å². The van der Waals surface area contributed by atoms with E-state index in [9.17, 15) is 14.9 Å². The predicted octanol–water partition coefficient (Wildman–Crippen LogP) is 5.32. The Morgan fingerprint density at radius 3 is 2.24 bits per heavy atom. The molecule has 25 heavy (non-hydrogen) atoms. The van der Waals surface area contributed by atoms with E-state index in [0.29, 0.717) is 12.2 Å². The fourth-order valence-electron chi connectivity index (χ4n) is 2.34. The first-order valence-corrected chi connectivity index (χ1v) is 12.0. The zero-order valence-corrected chi connectivity index (χ0v) is 19.2. The highest BCUT2D eigenvalue weighted by Crippen LogP contribution is 2.38. The van der Waals surface area contributed by atoms with Gasteiger partial charge in [-0.05, 0) is 93.4 Å². The summed E-state index contributed by atoms with van der Waals surface area (Å²) in [6, 6.07) is 9.23. The van der Waals surface area contributed by atoms with Crippen LogP contribution in [0.1, 0.15) is 30.9 Å². The summed E-state index contributed by atoms with van der Waals surface area (Å²) in [5, 5.41) is 9.94. The Labute approximate surface area is 175 Å². The molecule has 3 N–H and O–H groups in total. The highest BCUT2D eigenvalue weighted by atomic mass is 127. The van der Waals surface area contributed by atoms with E-state index in [2.05, 4.69) is 51.5 Å². The van der Waals surface area contributed by atoms with Gasteiger partial charge in [0, 0.05) is 11.7 Å². The van der Waals surface area contributed by atoms with Crippen molar-refractivity contribution in [3.05, 3.63) is 48.6 Å². The van der Waals surface area contributed by atoms with Gasteiger partial charge in [-0.3, -0.25) is 0 Å².